The molecule has 2 aromatic heterocycles. The number of hydrogen-bond donors (Lipinski definition) is 1. The molecule has 1 aromatic carbocycles. The number of sulfone groups is 1. The van der Waals surface area contributed by atoms with Crippen molar-refractivity contribution in [1.29, 1.82) is 0 Å². The van der Waals surface area contributed by atoms with Crippen LogP contribution in [0, 0.1) is 0 Å². The number of benzene rings is 1. The first-order chi connectivity index (χ1) is 12.6. The van der Waals surface area contributed by atoms with Crippen LogP contribution in [-0.4, -0.2) is 27.5 Å². The van der Waals surface area contributed by atoms with E-state index in [1.54, 1.807) is 41.8 Å². The summed E-state index contributed by atoms with van der Waals surface area (Å²) in [5, 5.41) is 5.41. The Labute approximate surface area is 160 Å². The van der Waals surface area contributed by atoms with Crippen molar-refractivity contribution in [2.75, 3.05) is 13.2 Å². The molecule has 0 spiro atoms. The maximum atomic E-state index is 12.9. The van der Waals surface area contributed by atoms with Crippen LogP contribution < -0.4 is 10.1 Å². The molecule has 1 N–H and O–H groups in total. The van der Waals surface area contributed by atoms with E-state index in [4.69, 9.17) is 4.74 Å². The van der Waals surface area contributed by atoms with E-state index in [9.17, 15) is 13.2 Å². The lowest BCUT2D eigenvalue weighted by atomic mass is 10.3. The predicted molar refractivity (Wildman–Crippen MR) is 104 cm³/mol. The number of thiophene rings is 2. The van der Waals surface area contributed by atoms with Crippen molar-refractivity contribution in [2.24, 2.45) is 0 Å². The molecule has 0 unspecified atom stereocenters. The summed E-state index contributed by atoms with van der Waals surface area (Å²) in [6.07, 6.45) is 0. The molecule has 0 radical (unpaired) electrons. The van der Waals surface area contributed by atoms with E-state index < -0.39 is 15.1 Å². The second kappa shape index (κ2) is 8.48. The molecule has 0 saturated heterocycles. The molecule has 2 heterocycles. The summed E-state index contributed by atoms with van der Waals surface area (Å²) >= 11 is 2.54. The van der Waals surface area contributed by atoms with Crippen molar-refractivity contribution in [3.63, 3.8) is 0 Å². The summed E-state index contributed by atoms with van der Waals surface area (Å²) in [6, 6.07) is 15.8. The SMILES string of the molecule is O=C(COc1ccccc1)NC[C@H](c1cccs1)S(=O)(=O)c1cccs1. The first kappa shape index (κ1) is 18.6. The summed E-state index contributed by atoms with van der Waals surface area (Å²) < 4.78 is 31.5. The van der Waals surface area contributed by atoms with Gasteiger partial charge < -0.3 is 10.1 Å². The summed E-state index contributed by atoms with van der Waals surface area (Å²) in [6.45, 7) is -0.169. The van der Waals surface area contributed by atoms with E-state index in [1.807, 2.05) is 23.6 Å². The third-order valence-corrected chi connectivity index (χ3v) is 8.26. The molecule has 3 aromatic rings. The smallest absolute Gasteiger partial charge is 0.257 e. The highest BCUT2D eigenvalue weighted by molar-refractivity contribution is 7.93. The largest absolute Gasteiger partial charge is 0.484 e. The van der Waals surface area contributed by atoms with Gasteiger partial charge in [-0.3, -0.25) is 4.79 Å². The van der Waals surface area contributed by atoms with Gasteiger partial charge in [0.05, 0.1) is 0 Å². The van der Waals surface area contributed by atoms with Gasteiger partial charge in [0.15, 0.2) is 16.4 Å². The van der Waals surface area contributed by atoms with Crippen molar-refractivity contribution in [3.8, 4) is 5.75 Å². The molecule has 0 aliphatic rings. The third-order valence-electron chi connectivity index (χ3n) is 3.61. The quantitative estimate of drug-likeness (QED) is 0.620. The second-order valence-electron chi connectivity index (χ2n) is 5.39. The molecule has 1 atom stereocenters. The molecule has 8 heteroatoms. The molecular weight excluding hydrogens is 390 g/mol. The fourth-order valence-corrected chi connectivity index (χ4v) is 6.32. The molecule has 136 valence electrons. The second-order valence-corrected chi connectivity index (χ2v) is 9.67. The van der Waals surface area contributed by atoms with Gasteiger partial charge in [0.25, 0.3) is 5.91 Å². The number of carbonyl (C=O) groups is 1. The number of carbonyl (C=O) groups excluding carboxylic acids is 1. The van der Waals surface area contributed by atoms with Gasteiger partial charge in [-0.1, -0.05) is 30.3 Å². The highest BCUT2D eigenvalue weighted by Crippen LogP contribution is 2.33. The summed E-state index contributed by atoms with van der Waals surface area (Å²) in [5.41, 5.74) is 0. The predicted octanol–water partition coefficient (Wildman–Crippen LogP) is 3.52. The molecule has 1 amide bonds. The Bertz CT molecular complexity index is 920. The Morgan fingerprint density at radius 1 is 1.00 bits per heavy atom. The van der Waals surface area contributed by atoms with Crippen LogP contribution in [0.3, 0.4) is 0 Å². The lowest BCUT2D eigenvalue weighted by molar-refractivity contribution is -0.123. The van der Waals surface area contributed by atoms with Crippen LogP contribution in [0.2, 0.25) is 0 Å². The number of hydrogen-bond acceptors (Lipinski definition) is 6. The van der Waals surface area contributed by atoms with Gasteiger partial charge in [-0.15, -0.1) is 22.7 Å². The molecule has 0 aliphatic heterocycles. The first-order valence-corrected chi connectivity index (χ1v) is 11.1. The monoisotopic (exact) mass is 407 g/mol. The zero-order valence-electron chi connectivity index (χ0n) is 13.7. The number of ether oxygens (including phenoxy) is 1. The van der Waals surface area contributed by atoms with Gasteiger partial charge in [0.2, 0.25) is 0 Å². The molecule has 3 rings (SSSR count). The highest BCUT2D eigenvalue weighted by Gasteiger charge is 2.31. The Kier molecular flexibility index (Phi) is 6.08. The normalized spacial score (nSPS) is 12.5. The van der Waals surface area contributed by atoms with Gasteiger partial charge in [-0.2, -0.15) is 0 Å². The lowest BCUT2D eigenvalue weighted by Gasteiger charge is -2.16. The van der Waals surface area contributed by atoms with Gasteiger partial charge in [-0.25, -0.2) is 8.42 Å². The summed E-state index contributed by atoms with van der Waals surface area (Å²) in [5.74, 6) is 0.223. The minimum absolute atomic E-state index is 0.00225. The van der Waals surface area contributed by atoms with Crippen LogP contribution in [0.25, 0.3) is 0 Å². The average Bonchev–Trinajstić information content (AvgIpc) is 3.35. The fraction of sp³-hybridized carbons (Fsp3) is 0.167. The van der Waals surface area contributed by atoms with E-state index in [0.717, 1.165) is 0 Å². The Balaban J connectivity index is 1.66. The standard InChI is InChI=1S/C18H17NO4S3/c20-17(13-23-14-6-2-1-3-7-14)19-12-16(15-8-4-10-24-15)26(21,22)18-9-5-11-25-18/h1-11,16H,12-13H2,(H,19,20)/t16-/m1/s1. The van der Waals surface area contributed by atoms with Crippen molar-refractivity contribution < 1.29 is 17.9 Å². The van der Waals surface area contributed by atoms with Crippen molar-refractivity contribution in [1.82, 2.24) is 5.32 Å². The maximum Gasteiger partial charge on any atom is 0.257 e. The molecule has 0 fully saturated rings. The molecule has 0 bridgehead atoms. The van der Waals surface area contributed by atoms with Crippen LogP contribution in [0.5, 0.6) is 5.75 Å². The van der Waals surface area contributed by atoms with Crippen LogP contribution in [0.4, 0.5) is 0 Å². The maximum absolute atomic E-state index is 12.9. The Morgan fingerprint density at radius 3 is 2.38 bits per heavy atom. The third kappa shape index (κ3) is 4.51. The van der Waals surface area contributed by atoms with Crippen molar-refractivity contribution >= 4 is 38.4 Å². The van der Waals surface area contributed by atoms with Crippen LogP contribution in [0.15, 0.2) is 69.6 Å². The average molecular weight is 408 g/mol. The molecule has 0 saturated carbocycles. The lowest BCUT2D eigenvalue weighted by Crippen LogP contribution is -2.34. The van der Waals surface area contributed by atoms with Crippen LogP contribution in [0.1, 0.15) is 10.1 Å². The minimum Gasteiger partial charge on any atom is -0.484 e. The number of nitrogens with one attached hydrogen (secondary N) is 1. The van der Waals surface area contributed by atoms with Gasteiger partial charge in [0, 0.05) is 11.4 Å². The van der Waals surface area contributed by atoms with Gasteiger partial charge >= 0.3 is 0 Å². The van der Waals surface area contributed by atoms with Gasteiger partial charge in [0.1, 0.15) is 15.2 Å². The van der Waals surface area contributed by atoms with E-state index in [1.165, 1.54) is 22.7 Å². The fourth-order valence-electron chi connectivity index (χ4n) is 2.33. The number of rotatable bonds is 8. The number of para-hydroxylation sites is 1. The molecule has 5 nitrogen and oxygen atoms in total. The minimum atomic E-state index is -3.57. The van der Waals surface area contributed by atoms with E-state index in [2.05, 4.69) is 5.32 Å². The Morgan fingerprint density at radius 2 is 1.73 bits per heavy atom. The van der Waals surface area contributed by atoms with E-state index in [-0.39, 0.29) is 19.1 Å². The molecular formula is C18H17NO4S3. The summed E-state index contributed by atoms with van der Waals surface area (Å²) in [7, 11) is -3.57. The molecule has 26 heavy (non-hydrogen) atoms. The van der Waals surface area contributed by atoms with E-state index >= 15 is 0 Å². The van der Waals surface area contributed by atoms with Crippen molar-refractivity contribution in [2.45, 2.75) is 9.46 Å². The van der Waals surface area contributed by atoms with E-state index in [0.29, 0.717) is 14.8 Å². The van der Waals surface area contributed by atoms with Crippen LogP contribution >= 0.6 is 22.7 Å². The molecule has 0 aliphatic carbocycles. The zero-order valence-corrected chi connectivity index (χ0v) is 16.1. The zero-order chi connectivity index (χ0) is 18.4. The number of amides is 1. The van der Waals surface area contributed by atoms with Crippen molar-refractivity contribution in [3.05, 3.63) is 70.2 Å². The summed E-state index contributed by atoms with van der Waals surface area (Å²) in [4.78, 5) is 12.8. The Hall–Kier alpha value is -2.16. The highest BCUT2D eigenvalue weighted by atomic mass is 32.2. The van der Waals surface area contributed by atoms with Crippen LogP contribution in [-0.2, 0) is 14.6 Å². The van der Waals surface area contributed by atoms with Gasteiger partial charge in [-0.05, 0) is 35.0 Å². The topological polar surface area (TPSA) is 72.5 Å². The first-order valence-electron chi connectivity index (χ1n) is 7.83.